The van der Waals surface area contributed by atoms with Crippen molar-refractivity contribution in [2.75, 3.05) is 6.61 Å². The minimum absolute atomic E-state index is 0.0781. The van der Waals surface area contributed by atoms with E-state index in [2.05, 4.69) is 5.32 Å². The van der Waals surface area contributed by atoms with Gasteiger partial charge in [0.2, 0.25) is 0 Å². The molecule has 1 aliphatic heterocycles. The third-order valence-corrected chi connectivity index (χ3v) is 4.66. The normalized spacial score (nSPS) is 24.8. The molecule has 1 atom stereocenters. The summed E-state index contributed by atoms with van der Waals surface area (Å²) in [5.41, 5.74) is 0.0992. The van der Waals surface area contributed by atoms with Crippen LogP contribution in [-0.2, 0) is 19.1 Å². The van der Waals surface area contributed by atoms with E-state index in [1.165, 1.54) is 0 Å². The van der Waals surface area contributed by atoms with E-state index in [1.807, 2.05) is 18.2 Å². The number of nitrogens with one attached hydrogen (secondary N) is 1. The van der Waals surface area contributed by atoms with E-state index in [4.69, 9.17) is 9.47 Å². The van der Waals surface area contributed by atoms with E-state index >= 15 is 0 Å². The van der Waals surface area contributed by atoms with Crippen LogP contribution >= 0.6 is 0 Å². The van der Waals surface area contributed by atoms with Gasteiger partial charge in [-0.3, -0.25) is 4.79 Å². The third kappa shape index (κ3) is 3.19. The molecular weight excluding hydrogens is 294 g/mol. The summed E-state index contributed by atoms with van der Waals surface area (Å²) in [5, 5.41) is 2.91. The Morgan fingerprint density at radius 2 is 2.13 bits per heavy atom. The average molecular weight is 317 g/mol. The number of ether oxygens (including phenoxy) is 2. The molecule has 3 rings (SSSR count). The predicted molar refractivity (Wildman–Crippen MR) is 85.4 cm³/mol. The minimum Gasteiger partial charge on any atom is -0.480 e. The Labute approximate surface area is 136 Å². The molecule has 0 aromatic carbocycles. The molecule has 0 aromatic rings. The molecule has 23 heavy (non-hydrogen) atoms. The van der Waals surface area contributed by atoms with Crippen LogP contribution < -0.4 is 5.32 Å². The van der Waals surface area contributed by atoms with Gasteiger partial charge < -0.3 is 14.8 Å². The molecule has 124 valence electrons. The molecule has 1 unspecified atom stereocenters. The summed E-state index contributed by atoms with van der Waals surface area (Å²) in [4.78, 5) is 25.0. The molecule has 2 aliphatic carbocycles. The van der Waals surface area contributed by atoms with Crippen LogP contribution in [0.25, 0.3) is 0 Å². The van der Waals surface area contributed by atoms with Crippen LogP contribution in [0, 0.1) is 0 Å². The summed E-state index contributed by atoms with van der Waals surface area (Å²) in [5.74, 6) is -0.362. The highest BCUT2D eigenvalue weighted by Crippen LogP contribution is 2.32. The van der Waals surface area contributed by atoms with Crippen molar-refractivity contribution >= 4 is 11.9 Å². The second kappa shape index (κ2) is 6.60. The molecule has 1 N–H and O–H groups in total. The van der Waals surface area contributed by atoms with Crippen molar-refractivity contribution in [2.45, 2.75) is 57.1 Å². The second-order valence-corrected chi connectivity index (χ2v) is 6.26. The van der Waals surface area contributed by atoms with Gasteiger partial charge in [-0.2, -0.15) is 0 Å². The molecule has 5 heteroatoms. The van der Waals surface area contributed by atoms with Gasteiger partial charge in [0, 0.05) is 6.42 Å². The van der Waals surface area contributed by atoms with Crippen molar-refractivity contribution in [3.63, 3.8) is 0 Å². The number of hydrogen-bond acceptors (Lipinski definition) is 4. The molecule has 1 fully saturated rings. The van der Waals surface area contributed by atoms with Gasteiger partial charge in [0.15, 0.2) is 5.76 Å². The molecule has 3 aliphatic rings. The van der Waals surface area contributed by atoms with E-state index in [-0.39, 0.29) is 18.0 Å². The number of allylic oxidation sites excluding steroid dienone is 2. The number of rotatable bonds is 4. The Kier molecular flexibility index (Phi) is 4.55. The average Bonchev–Trinajstić information content (AvgIpc) is 3.00. The van der Waals surface area contributed by atoms with Crippen molar-refractivity contribution < 1.29 is 19.1 Å². The summed E-state index contributed by atoms with van der Waals surface area (Å²) in [7, 11) is 0. The fourth-order valence-electron chi connectivity index (χ4n) is 3.42. The topological polar surface area (TPSA) is 64.6 Å². The summed E-state index contributed by atoms with van der Waals surface area (Å²) >= 11 is 0. The molecule has 0 aromatic heterocycles. The van der Waals surface area contributed by atoms with E-state index in [9.17, 15) is 9.59 Å². The van der Waals surface area contributed by atoms with Crippen molar-refractivity contribution in [1.82, 2.24) is 5.32 Å². The highest BCUT2D eigenvalue weighted by Gasteiger charge is 2.43. The molecule has 0 spiro atoms. The summed E-state index contributed by atoms with van der Waals surface area (Å²) in [6, 6.07) is 0. The minimum atomic E-state index is -0.907. The zero-order chi connectivity index (χ0) is 16.3. The molecular formula is C18H23NO4. The maximum absolute atomic E-state index is 12.6. The van der Waals surface area contributed by atoms with Crippen LogP contribution in [0.2, 0.25) is 0 Å². The lowest BCUT2D eigenvalue weighted by molar-refractivity contribution is -0.155. The van der Waals surface area contributed by atoms with Gasteiger partial charge in [0.25, 0.3) is 5.91 Å². The van der Waals surface area contributed by atoms with Crippen LogP contribution in [0.4, 0.5) is 0 Å². The zero-order valence-electron chi connectivity index (χ0n) is 13.5. The Morgan fingerprint density at radius 1 is 1.35 bits per heavy atom. The predicted octanol–water partition coefficient (Wildman–Crippen LogP) is 2.54. The van der Waals surface area contributed by atoms with Crippen molar-refractivity contribution in [2.24, 2.45) is 0 Å². The number of esters is 1. The molecule has 0 bridgehead atoms. The molecule has 1 saturated carbocycles. The van der Waals surface area contributed by atoms with Crippen LogP contribution in [0.1, 0.15) is 45.4 Å². The highest BCUT2D eigenvalue weighted by atomic mass is 16.5. The van der Waals surface area contributed by atoms with Gasteiger partial charge in [-0.1, -0.05) is 37.5 Å². The van der Waals surface area contributed by atoms with Crippen molar-refractivity contribution in [1.29, 1.82) is 0 Å². The first-order chi connectivity index (χ1) is 11.1. The lowest BCUT2D eigenvalue weighted by Gasteiger charge is -2.35. The quantitative estimate of drug-likeness (QED) is 0.809. The molecule has 0 saturated heterocycles. The second-order valence-electron chi connectivity index (χ2n) is 6.26. The number of hydrogen-bond donors (Lipinski definition) is 1. The van der Waals surface area contributed by atoms with Gasteiger partial charge in [-0.25, -0.2) is 4.79 Å². The van der Waals surface area contributed by atoms with Crippen LogP contribution in [0.3, 0.4) is 0 Å². The van der Waals surface area contributed by atoms with E-state index in [0.717, 1.165) is 31.3 Å². The maximum atomic E-state index is 12.6. The monoisotopic (exact) mass is 317 g/mol. The largest absolute Gasteiger partial charge is 0.480 e. The van der Waals surface area contributed by atoms with Gasteiger partial charge in [0.05, 0.1) is 6.61 Å². The van der Waals surface area contributed by atoms with Gasteiger partial charge >= 0.3 is 5.97 Å². The first-order valence-corrected chi connectivity index (χ1v) is 8.39. The van der Waals surface area contributed by atoms with Gasteiger partial charge in [-0.15, -0.1) is 0 Å². The van der Waals surface area contributed by atoms with Crippen LogP contribution in [0.5, 0.6) is 0 Å². The standard InChI is InChI=1S/C18H23NO4/c1-2-22-17(21)18(10-6-3-7-11-18)19-16(20)15-12-13-8-4-5-9-14(13)23-15/h4-5,8,12,14H,2-3,6-7,9-11H2,1H3,(H,19,20). The van der Waals surface area contributed by atoms with Gasteiger partial charge in [-0.05, 0) is 31.4 Å². The van der Waals surface area contributed by atoms with E-state index in [0.29, 0.717) is 25.2 Å². The lowest BCUT2D eigenvalue weighted by atomic mass is 9.81. The van der Waals surface area contributed by atoms with Crippen LogP contribution in [0.15, 0.2) is 35.6 Å². The maximum Gasteiger partial charge on any atom is 0.331 e. The molecule has 1 heterocycles. The Balaban J connectivity index is 1.74. The molecule has 5 nitrogen and oxygen atoms in total. The van der Waals surface area contributed by atoms with Gasteiger partial charge in [0.1, 0.15) is 11.6 Å². The smallest absolute Gasteiger partial charge is 0.331 e. The number of carbonyl (C=O) groups is 2. The summed E-state index contributed by atoms with van der Waals surface area (Å²) in [6.07, 6.45) is 12.5. The Hall–Kier alpha value is -2.04. The first kappa shape index (κ1) is 15.8. The SMILES string of the molecule is CCOC(=O)C1(NC(=O)C2=CC3=CC=CCC3O2)CCCCC1. The number of carbonyl (C=O) groups excluding carboxylic acids is 2. The van der Waals surface area contributed by atoms with Crippen LogP contribution in [-0.4, -0.2) is 30.1 Å². The van der Waals surface area contributed by atoms with Crippen molar-refractivity contribution in [3.8, 4) is 0 Å². The Morgan fingerprint density at radius 3 is 2.83 bits per heavy atom. The first-order valence-electron chi connectivity index (χ1n) is 8.39. The fourth-order valence-corrected chi connectivity index (χ4v) is 3.42. The molecule has 1 amide bonds. The summed E-state index contributed by atoms with van der Waals surface area (Å²) in [6.45, 7) is 2.10. The summed E-state index contributed by atoms with van der Waals surface area (Å²) < 4.78 is 10.9. The van der Waals surface area contributed by atoms with E-state index < -0.39 is 5.54 Å². The highest BCUT2D eigenvalue weighted by molar-refractivity contribution is 5.97. The third-order valence-electron chi connectivity index (χ3n) is 4.66. The fraction of sp³-hybridized carbons (Fsp3) is 0.556. The van der Waals surface area contributed by atoms with E-state index in [1.54, 1.807) is 13.0 Å². The number of fused-ring (bicyclic) bond motifs is 1. The zero-order valence-corrected chi connectivity index (χ0v) is 13.5. The Bertz CT molecular complexity index is 582. The molecule has 0 radical (unpaired) electrons. The number of amides is 1. The van der Waals surface area contributed by atoms with Crippen molar-refractivity contribution in [3.05, 3.63) is 35.6 Å². The lowest BCUT2D eigenvalue weighted by Crippen LogP contribution is -2.56.